The first-order valence-corrected chi connectivity index (χ1v) is 6.50. The molecule has 98 valence electrons. The van der Waals surface area contributed by atoms with E-state index in [0.717, 1.165) is 30.5 Å². The Kier molecular flexibility index (Phi) is 3.99. The number of carbonyl (C=O) groups excluding carboxylic acids is 1. The van der Waals surface area contributed by atoms with Crippen molar-refractivity contribution in [2.75, 3.05) is 5.32 Å². The van der Waals surface area contributed by atoms with E-state index in [1.165, 1.54) is 5.56 Å². The molecule has 0 saturated carbocycles. The first kappa shape index (κ1) is 13.1. The molecule has 18 heavy (non-hydrogen) atoms. The molecule has 4 heteroatoms. The van der Waals surface area contributed by atoms with Crippen molar-refractivity contribution >= 4 is 11.6 Å². The molecule has 5 N–H and O–H groups in total. The smallest absolute Gasteiger partial charge is 0.224 e. The van der Waals surface area contributed by atoms with Gasteiger partial charge in [0.05, 0.1) is 0 Å². The fourth-order valence-corrected chi connectivity index (χ4v) is 2.24. The summed E-state index contributed by atoms with van der Waals surface area (Å²) in [6, 6.07) is 6.27. The molecule has 0 spiro atoms. The largest absolute Gasteiger partial charge is 0.328 e. The summed E-state index contributed by atoms with van der Waals surface area (Å²) in [6.45, 7) is 2.00. The summed E-state index contributed by atoms with van der Waals surface area (Å²) in [4.78, 5) is 11.3. The van der Waals surface area contributed by atoms with E-state index in [1.54, 1.807) is 0 Å². The van der Waals surface area contributed by atoms with Crippen molar-refractivity contribution < 1.29 is 4.79 Å². The van der Waals surface area contributed by atoms with Crippen molar-refractivity contribution in [2.24, 2.45) is 11.5 Å². The van der Waals surface area contributed by atoms with Crippen LogP contribution in [-0.2, 0) is 11.2 Å². The van der Waals surface area contributed by atoms with Gasteiger partial charge in [-0.3, -0.25) is 4.79 Å². The van der Waals surface area contributed by atoms with E-state index >= 15 is 0 Å². The fraction of sp³-hybridized carbons (Fsp3) is 0.500. The van der Waals surface area contributed by atoms with Crippen molar-refractivity contribution in [2.45, 2.75) is 44.7 Å². The molecule has 1 amide bonds. The van der Waals surface area contributed by atoms with Crippen molar-refractivity contribution in [3.05, 3.63) is 29.3 Å². The van der Waals surface area contributed by atoms with E-state index < -0.39 is 0 Å². The summed E-state index contributed by atoms with van der Waals surface area (Å²) in [5.74, 6) is 0.0940. The van der Waals surface area contributed by atoms with Crippen LogP contribution in [0.5, 0.6) is 0 Å². The van der Waals surface area contributed by atoms with Gasteiger partial charge >= 0.3 is 0 Å². The fourth-order valence-electron chi connectivity index (χ4n) is 2.24. The molecule has 2 rings (SSSR count). The molecule has 0 aromatic heterocycles. The number of amides is 1. The number of aryl methyl sites for hydroxylation is 1. The number of nitrogens with one attached hydrogen (secondary N) is 1. The highest BCUT2D eigenvalue weighted by atomic mass is 16.1. The van der Waals surface area contributed by atoms with Gasteiger partial charge in [0, 0.05) is 24.2 Å². The summed E-state index contributed by atoms with van der Waals surface area (Å²) < 4.78 is 0. The van der Waals surface area contributed by atoms with Crippen LogP contribution < -0.4 is 16.8 Å². The Labute approximate surface area is 108 Å². The Morgan fingerprint density at radius 2 is 2.06 bits per heavy atom. The monoisotopic (exact) mass is 247 g/mol. The molecule has 0 saturated heterocycles. The van der Waals surface area contributed by atoms with E-state index in [2.05, 4.69) is 11.4 Å². The molecule has 1 heterocycles. The van der Waals surface area contributed by atoms with Gasteiger partial charge in [0.15, 0.2) is 0 Å². The molecule has 4 nitrogen and oxygen atoms in total. The SMILES string of the molecule is CC(N)CCC(N)c1ccc2c(c1)CCC(=O)N2. The van der Waals surface area contributed by atoms with E-state index in [-0.39, 0.29) is 18.0 Å². The normalized spacial score (nSPS) is 17.8. The summed E-state index contributed by atoms with van der Waals surface area (Å²) in [6.07, 6.45) is 3.18. The molecule has 0 fully saturated rings. The highest BCUT2D eigenvalue weighted by molar-refractivity contribution is 5.93. The Balaban J connectivity index is 2.08. The number of nitrogens with two attached hydrogens (primary N) is 2. The zero-order chi connectivity index (χ0) is 13.1. The maximum absolute atomic E-state index is 11.3. The molecule has 2 unspecified atom stereocenters. The Hall–Kier alpha value is -1.39. The minimum atomic E-state index is 0.0268. The molecule has 1 aliphatic heterocycles. The lowest BCUT2D eigenvalue weighted by Gasteiger charge is -2.20. The molecule has 1 aromatic rings. The van der Waals surface area contributed by atoms with E-state index in [0.29, 0.717) is 6.42 Å². The molecule has 0 radical (unpaired) electrons. The Bertz CT molecular complexity index is 443. The lowest BCUT2D eigenvalue weighted by atomic mass is 9.95. The van der Waals surface area contributed by atoms with Gasteiger partial charge in [0.2, 0.25) is 5.91 Å². The molecule has 2 atom stereocenters. The molecular weight excluding hydrogens is 226 g/mol. The van der Waals surface area contributed by atoms with E-state index in [4.69, 9.17) is 11.5 Å². The van der Waals surface area contributed by atoms with E-state index in [9.17, 15) is 4.79 Å². The number of rotatable bonds is 4. The number of carbonyl (C=O) groups is 1. The maximum atomic E-state index is 11.3. The predicted octanol–water partition coefficient (Wildman–Crippen LogP) is 1.70. The van der Waals surface area contributed by atoms with Crippen molar-refractivity contribution in [3.63, 3.8) is 0 Å². The van der Waals surface area contributed by atoms with Crippen LogP contribution in [0.4, 0.5) is 5.69 Å². The van der Waals surface area contributed by atoms with Gasteiger partial charge in [-0.05, 0) is 43.4 Å². The van der Waals surface area contributed by atoms with E-state index in [1.807, 2.05) is 19.1 Å². The molecule has 1 aromatic carbocycles. The van der Waals surface area contributed by atoms with Gasteiger partial charge in [0.1, 0.15) is 0 Å². The number of benzene rings is 1. The number of hydrogen-bond acceptors (Lipinski definition) is 3. The third-order valence-corrected chi connectivity index (χ3v) is 3.39. The van der Waals surface area contributed by atoms with Gasteiger partial charge in [-0.25, -0.2) is 0 Å². The minimum absolute atomic E-state index is 0.0268. The zero-order valence-corrected chi connectivity index (χ0v) is 10.8. The van der Waals surface area contributed by atoms with Crippen LogP contribution in [0.1, 0.15) is 43.4 Å². The second-order valence-electron chi connectivity index (χ2n) is 5.13. The maximum Gasteiger partial charge on any atom is 0.224 e. The van der Waals surface area contributed by atoms with Gasteiger partial charge in [-0.15, -0.1) is 0 Å². The van der Waals surface area contributed by atoms with Gasteiger partial charge in [-0.1, -0.05) is 12.1 Å². The van der Waals surface area contributed by atoms with Crippen LogP contribution in [-0.4, -0.2) is 11.9 Å². The van der Waals surface area contributed by atoms with Crippen molar-refractivity contribution in [1.82, 2.24) is 0 Å². The van der Waals surface area contributed by atoms with Crippen molar-refractivity contribution in [3.8, 4) is 0 Å². The number of anilines is 1. The quantitative estimate of drug-likeness (QED) is 0.757. The van der Waals surface area contributed by atoms with Crippen LogP contribution in [0.2, 0.25) is 0 Å². The number of hydrogen-bond donors (Lipinski definition) is 3. The van der Waals surface area contributed by atoms with Gasteiger partial charge in [0.25, 0.3) is 0 Å². The third kappa shape index (κ3) is 3.09. The average molecular weight is 247 g/mol. The lowest BCUT2D eigenvalue weighted by molar-refractivity contribution is -0.116. The van der Waals surface area contributed by atoms with Crippen LogP contribution in [0.25, 0.3) is 0 Å². The van der Waals surface area contributed by atoms with Crippen LogP contribution in [0.15, 0.2) is 18.2 Å². The van der Waals surface area contributed by atoms with Crippen LogP contribution in [0, 0.1) is 0 Å². The van der Waals surface area contributed by atoms with Gasteiger partial charge < -0.3 is 16.8 Å². The third-order valence-electron chi connectivity index (χ3n) is 3.39. The van der Waals surface area contributed by atoms with Crippen molar-refractivity contribution in [1.29, 1.82) is 0 Å². The Morgan fingerprint density at radius 3 is 2.78 bits per heavy atom. The van der Waals surface area contributed by atoms with Crippen LogP contribution >= 0.6 is 0 Å². The molecule has 1 aliphatic rings. The summed E-state index contributed by atoms with van der Waals surface area (Å²) >= 11 is 0. The standard InChI is InChI=1S/C14H21N3O/c1-9(15)2-5-12(16)10-3-6-13-11(8-10)4-7-14(18)17-13/h3,6,8-9,12H,2,4-5,7,15-16H2,1H3,(H,17,18). The molecule has 0 bridgehead atoms. The van der Waals surface area contributed by atoms with Gasteiger partial charge in [-0.2, -0.15) is 0 Å². The minimum Gasteiger partial charge on any atom is -0.328 e. The first-order valence-electron chi connectivity index (χ1n) is 6.50. The highest BCUT2D eigenvalue weighted by Crippen LogP contribution is 2.26. The Morgan fingerprint density at radius 1 is 1.28 bits per heavy atom. The molecule has 0 aliphatic carbocycles. The second-order valence-corrected chi connectivity index (χ2v) is 5.13. The average Bonchev–Trinajstić information content (AvgIpc) is 2.35. The van der Waals surface area contributed by atoms with Crippen LogP contribution in [0.3, 0.4) is 0 Å². The topological polar surface area (TPSA) is 81.1 Å². The first-order chi connectivity index (χ1) is 8.56. The highest BCUT2D eigenvalue weighted by Gasteiger charge is 2.16. The summed E-state index contributed by atoms with van der Waals surface area (Å²) in [5.41, 5.74) is 15.1. The second kappa shape index (κ2) is 5.50. The number of fused-ring (bicyclic) bond motifs is 1. The zero-order valence-electron chi connectivity index (χ0n) is 10.8. The predicted molar refractivity (Wildman–Crippen MR) is 73.2 cm³/mol. The summed E-state index contributed by atoms with van der Waals surface area (Å²) in [7, 11) is 0. The summed E-state index contributed by atoms with van der Waals surface area (Å²) in [5, 5.41) is 2.88. The molecular formula is C14H21N3O. The lowest BCUT2D eigenvalue weighted by Crippen LogP contribution is -2.21.